The molecular weight excluding hydrogens is 259 g/mol. The number of sulfone groups is 1. The molecule has 0 aliphatic carbocycles. The molecule has 8 heteroatoms. The van der Waals surface area contributed by atoms with E-state index in [2.05, 4.69) is 10.1 Å². The smallest absolute Gasteiger partial charge is 0.372 e. The van der Waals surface area contributed by atoms with Crippen LogP contribution in [0.5, 0.6) is 0 Å². The molecule has 104 valence electrons. The van der Waals surface area contributed by atoms with Gasteiger partial charge in [-0.1, -0.05) is 6.92 Å². The largest absolute Gasteiger partial charge is 0.411 e. The molecule has 0 saturated carbocycles. The molecule has 0 aromatic rings. The molecule has 4 nitrogen and oxygen atoms in total. The van der Waals surface area contributed by atoms with E-state index in [1.54, 1.807) is 6.92 Å². The Morgan fingerprint density at radius 2 is 1.88 bits per heavy atom. The maximum atomic E-state index is 11.6. The number of hydrogen-bond donors (Lipinski definition) is 1. The van der Waals surface area contributed by atoms with Gasteiger partial charge in [-0.2, -0.15) is 13.2 Å². The molecule has 0 radical (unpaired) electrons. The highest BCUT2D eigenvalue weighted by Crippen LogP contribution is 2.14. The van der Waals surface area contributed by atoms with E-state index in [4.69, 9.17) is 0 Å². The first-order chi connectivity index (χ1) is 7.77. The van der Waals surface area contributed by atoms with Crippen LogP contribution in [0.4, 0.5) is 13.2 Å². The fraction of sp³-hybridized carbons (Fsp3) is 1.00. The predicted octanol–water partition coefficient (Wildman–Crippen LogP) is 0.980. The van der Waals surface area contributed by atoms with Crippen molar-refractivity contribution >= 4 is 9.84 Å². The normalized spacial score (nSPS) is 12.9. The highest BCUT2D eigenvalue weighted by atomic mass is 32.2. The molecule has 0 aromatic heterocycles. The van der Waals surface area contributed by atoms with Gasteiger partial charge in [-0.15, -0.1) is 0 Å². The van der Waals surface area contributed by atoms with Gasteiger partial charge >= 0.3 is 6.18 Å². The molecule has 0 rings (SSSR count). The Hall–Kier alpha value is -0.340. The average Bonchev–Trinajstić information content (AvgIpc) is 2.20. The average molecular weight is 277 g/mol. The Balaban J connectivity index is 3.31. The van der Waals surface area contributed by atoms with E-state index in [0.717, 1.165) is 0 Å². The lowest BCUT2D eigenvalue weighted by molar-refractivity contribution is -0.173. The summed E-state index contributed by atoms with van der Waals surface area (Å²) in [4.78, 5) is 0. The lowest BCUT2D eigenvalue weighted by Gasteiger charge is -2.08. The first-order valence-corrected chi connectivity index (χ1v) is 7.14. The molecule has 0 saturated heterocycles. The molecule has 0 heterocycles. The van der Waals surface area contributed by atoms with Crippen molar-refractivity contribution in [3.8, 4) is 0 Å². The summed E-state index contributed by atoms with van der Waals surface area (Å²) in [6.45, 7) is 1.09. The van der Waals surface area contributed by atoms with E-state index in [-0.39, 0.29) is 18.1 Å². The molecule has 0 aliphatic heterocycles. The topological polar surface area (TPSA) is 55.4 Å². The Bertz CT molecular complexity index is 290. The van der Waals surface area contributed by atoms with Crippen LogP contribution >= 0.6 is 0 Å². The molecule has 0 fully saturated rings. The number of halogens is 3. The van der Waals surface area contributed by atoms with E-state index >= 15 is 0 Å². The van der Waals surface area contributed by atoms with Gasteiger partial charge in [-0.05, 0) is 13.0 Å². The fourth-order valence-electron chi connectivity index (χ4n) is 0.984. The van der Waals surface area contributed by atoms with Gasteiger partial charge in [-0.25, -0.2) is 8.42 Å². The van der Waals surface area contributed by atoms with E-state index in [9.17, 15) is 21.6 Å². The van der Waals surface area contributed by atoms with Crippen LogP contribution in [0.1, 0.15) is 13.3 Å². The summed E-state index contributed by atoms with van der Waals surface area (Å²) >= 11 is 0. The quantitative estimate of drug-likeness (QED) is 0.638. The molecule has 0 bridgehead atoms. The lowest BCUT2D eigenvalue weighted by Crippen LogP contribution is -2.26. The van der Waals surface area contributed by atoms with Crippen molar-refractivity contribution in [2.75, 3.05) is 37.8 Å². The summed E-state index contributed by atoms with van der Waals surface area (Å²) in [6.07, 6.45) is -3.87. The van der Waals surface area contributed by atoms with E-state index in [1.807, 2.05) is 0 Å². The van der Waals surface area contributed by atoms with E-state index in [1.165, 1.54) is 0 Å². The van der Waals surface area contributed by atoms with Crippen molar-refractivity contribution in [3.63, 3.8) is 0 Å². The van der Waals surface area contributed by atoms with Crippen LogP contribution in [0.25, 0.3) is 0 Å². The summed E-state index contributed by atoms with van der Waals surface area (Å²) in [6, 6.07) is 0. The highest BCUT2D eigenvalue weighted by Gasteiger charge is 2.27. The van der Waals surface area contributed by atoms with Gasteiger partial charge < -0.3 is 10.1 Å². The Morgan fingerprint density at radius 1 is 1.24 bits per heavy atom. The third-order valence-corrected chi connectivity index (χ3v) is 3.64. The van der Waals surface area contributed by atoms with Gasteiger partial charge in [0.15, 0.2) is 9.84 Å². The highest BCUT2D eigenvalue weighted by molar-refractivity contribution is 7.91. The van der Waals surface area contributed by atoms with Crippen molar-refractivity contribution in [2.45, 2.75) is 19.5 Å². The molecule has 0 aromatic carbocycles. The van der Waals surface area contributed by atoms with Crippen LogP contribution in [0, 0.1) is 0 Å². The van der Waals surface area contributed by atoms with Crippen LogP contribution < -0.4 is 5.32 Å². The molecule has 17 heavy (non-hydrogen) atoms. The summed E-state index contributed by atoms with van der Waals surface area (Å²) < 4.78 is 61.4. The summed E-state index contributed by atoms with van der Waals surface area (Å²) in [5, 5.41) is 2.83. The first-order valence-electron chi connectivity index (χ1n) is 5.32. The molecule has 1 N–H and O–H groups in total. The Morgan fingerprint density at radius 3 is 2.41 bits per heavy atom. The third-order valence-electron chi connectivity index (χ3n) is 1.94. The molecule has 0 atom stereocenters. The van der Waals surface area contributed by atoms with Crippen molar-refractivity contribution < 1.29 is 26.3 Å². The van der Waals surface area contributed by atoms with Crippen molar-refractivity contribution in [1.82, 2.24) is 5.32 Å². The van der Waals surface area contributed by atoms with Gasteiger partial charge in [-0.3, -0.25) is 0 Å². The maximum Gasteiger partial charge on any atom is 0.411 e. The second kappa shape index (κ2) is 7.88. The number of hydrogen-bond acceptors (Lipinski definition) is 4. The number of nitrogens with one attached hydrogen (secondary N) is 1. The monoisotopic (exact) mass is 277 g/mol. The Labute approximate surface area is 99.4 Å². The summed E-state index contributed by atoms with van der Waals surface area (Å²) in [5.74, 6) is 0.149. The van der Waals surface area contributed by atoms with Crippen molar-refractivity contribution in [2.24, 2.45) is 0 Å². The predicted molar refractivity (Wildman–Crippen MR) is 58.7 cm³/mol. The van der Waals surface area contributed by atoms with Gasteiger partial charge in [0, 0.05) is 18.9 Å². The van der Waals surface area contributed by atoms with Crippen LogP contribution in [0.15, 0.2) is 0 Å². The van der Waals surface area contributed by atoms with E-state index in [0.29, 0.717) is 19.5 Å². The number of alkyl halides is 3. The van der Waals surface area contributed by atoms with Crippen LogP contribution in [-0.4, -0.2) is 52.4 Å². The second-order valence-electron chi connectivity index (χ2n) is 3.51. The fourth-order valence-corrected chi connectivity index (χ4v) is 1.73. The van der Waals surface area contributed by atoms with Crippen LogP contribution in [-0.2, 0) is 14.6 Å². The lowest BCUT2D eigenvalue weighted by atomic mass is 10.4. The van der Waals surface area contributed by atoms with E-state index < -0.39 is 22.6 Å². The minimum Gasteiger partial charge on any atom is -0.372 e. The summed E-state index contributed by atoms with van der Waals surface area (Å²) in [7, 11) is -2.98. The molecule has 0 aliphatic rings. The maximum absolute atomic E-state index is 11.6. The number of rotatable bonds is 9. The first kappa shape index (κ1) is 16.7. The molecule has 0 unspecified atom stereocenters. The SMILES string of the molecule is CCS(=O)(=O)CCNCCCOCC(F)(F)F. The molecule has 0 amide bonds. The van der Waals surface area contributed by atoms with Crippen molar-refractivity contribution in [1.29, 1.82) is 0 Å². The summed E-state index contributed by atoms with van der Waals surface area (Å²) in [5.41, 5.74) is 0. The minimum absolute atomic E-state index is 0.00698. The van der Waals surface area contributed by atoms with Gasteiger partial charge in [0.05, 0.1) is 5.75 Å². The minimum atomic E-state index is -4.29. The second-order valence-corrected chi connectivity index (χ2v) is 5.98. The zero-order valence-corrected chi connectivity index (χ0v) is 10.5. The van der Waals surface area contributed by atoms with Crippen LogP contribution in [0.3, 0.4) is 0 Å². The third kappa shape index (κ3) is 11.9. The standard InChI is InChI=1S/C9H18F3NO3S/c1-2-17(14,15)7-5-13-4-3-6-16-8-9(10,11)12/h13H,2-8H2,1H3. The molecular formula is C9H18F3NO3S. The van der Waals surface area contributed by atoms with Gasteiger partial charge in [0.25, 0.3) is 0 Å². The zero-order valence-electron chi connectivity index (χ0n) is 9.72. The van der Waals surface area contributed by atoms with Gasteiger partial charge in [0.2, 0.25) is 0 Å². The van der Waals surface area contributed by atoms with Gasteiger partial charge in [0.1, 0.15) is 6.61 Å². The number of ether oxygens (including phenoxy) is 1. The Kier molecular flexibility index (Phi) is 7.73. The van der Waals surface area contributed by atoms with Crippen molar-refractivity contribution in [3.05, 3.63) is 0 Å². The zero-order chi connectivity index (χ0) is 13.4. The molecule has 0 spiro atoms. The van der Waals surface area contributed by atoms with Crippen LogP contribution in [0.2, 0.25) is 0 Å².